The molecule has 1 fully saturated rings. The first-order chi connectivity index (χ1) is 10.1. The van der Waals surface area contributed by atoms with Crippen molar-refractivity contribution in [2.24, 2.45) is 0 Å². The lowest BCUT2D eigenvalue weighted by molar-refractivity contribution is -0.394. The maximum atomic E-state index is 10.9. The molecule has 0 spiro atoms. The van der Waals surface area contributed by atoms with Crippen LogP contribution in [0.5, 0.6) is 5.75 Å². The normalized spacial score (nSPS) is 17.6. The molecule has 0 N–H and O–H groups in total. The molecule has 0 saturated carbocycles. The molecule has 0 aliphatic carbocycles. The minimum Gasteiger partial charge on any atom is -0.487 e. The molecule has 2 rings (SSSR count). The SMILES string of the molecule is O=[N+]([O-])c1ccc(OCCCC2CCCO2)c([N+](=O)[O-])c1. The molecule has 1 heterocycles. The van der Waals surface area contributed by atoms with Gasteiger partial charge in [0.25, 0.3) is 5.69 Å². The fraction of sp³-hybridized carbons (Fsp3) is 0.538. The lowest BCUT2D eigenvalue weighted by Crippen LogP contribution is -2.08. The van der Waals surface area contributed by atoms with E-state index in [-0.39, 0.29) is 23.2 Å². The largest absolute Gasteiger partial charge is 0.487 e. The average Bonchev–Trinajstić information content (AvgIpc) is 2.96. The van der Waals surface area contributed by atoms with Crippen LogP contribution in [0.15, 0.2) is 18.2 Å². The van der Waals surface area contributed by atoms with Crippen molar-refractivity contribution < 1.29 is 19.3 Å². The van der Waals surface area contributed by atoms with Gasteiger partial charge in [-0.3, -0.25) is 20.2 Å². The van der Waals surface area contributed by atoms with Gasteiger partial charge in [-0.2, -0.15) is 0 Å². The van der Waals surface area contributed by atoms with Crippen molar-refractivity contribution in [3.05, 3.63) is 38.4 Å². The van der Waals surface area contributed by atoms with Crippen molar-refractivity contribution >= 4 is 11.4 Å². The molecule has 8 nitrogen and oxygen atoms in total. The molecule has 0 aromatic heterocycles. The number of nitro benzene ring substituents is 2. The molecule has 8 heteroatoms. The summed E-state index contributed by atoms with van der Waals surface area (Å²) < 4.78 is 10.8. The van der Waals surface area contributed by atoms with E-state index in [1.165, 1.54) is 12.1 Å². The number of hydrogen-bond acceptors (Lipinski definition) is 6. The topological polar surface area (TPSA) is 105 Å². The monoisotopic (exact) mass is 296 g/mol. The second-order valence-corrected chi connectivity index (χ2v) is 4.79. The standard InChI is InChI=1S/C13H16N2O6/c16-14(17)10-5-6-13(12(9-10)15(18)19)21-8-2-4-11-3-1-7-20-11/h5-6,9,11H,1-4,7-8H2. The van der Waals surface area contributed by atoms with E-state index in [1.54, 1.807) is 0 Å². The number of nitro groups is 2. The van der Waals surface area contributed by atoms with Gasteiger partial charge in [0.05, 0.1) is 28.6 Å². The van der Waals surface area contributed by atoms with Crippen molar-refractivity contribution in [1.29, 1.82) is 0 Å². The Bertz CT molecular complexity index is 527. The molecule has 0 amide bonds. The summed E-state index contributed by atoms with van der Waals surface area (Å²) in [5.74, 6) is 0.0536. The average molecular weight is 296 g/mol. The highest BCUT2D eigenvalue weighted by atomic mass is 16.6. The van der Waals surface area contributed by atoms with Crippen LogP contribution >= 0.6 is 0 Å². The van der Waals surface area contributed by atoms with E-state index >= 15 is 0 Å². The predicted molar refractivity (Wildman–Crippen MR) is 73.5 cm³/mol. The zero-order chi connectivity index (χ0) is 15.2. The maximum absolute atomic E-state index is 10.9. The summed E-state index contributed by atoms with van der Waals surface area (Å²) >= 11 is 0. The van der Waals surface area contributed by atoms with Crippen LogP contribution in [0.3, 0.4) is 0 Å². The van der Waals surface area contributed by atoms with Crippen LogP contribution in [0.1, 0.15) is 25.7 Å². The number of rotatable bonds is 7. The van der Waals surface area contributed by atoms with Crippen LogP contribution in [-0.2, 0) is 4.74 Å². The van der Waals surface area contributed by atoms with E-state index in [4.69, 9.17) is 9.47 Å². The van der Waals surface area contributed by atoms with Gasteiger partial charge in [0.2, 0.25) is 0 Å². The van der Waals surface area contributed by atoms with E-state index < -0.39 is 9.85 Å². The predicted octanol–water partition coefficient (Wildman–Crippen LogP) is 2.84. The number of nitrogens with zero attached hydrogens (tertiary/aromatic N) is 2. The molecule has 1 aliphatic heterocycles. The summed E-state index contributed by atoms with van der Waals surface area (Å²) in [6, 6.07) is 3.38. The summed E-state index contributed by atoms with van der Waals surface area (Å²) in [6.45, 7) is 1.11. The number of ether oxygens (including phenoxy) is 2. The van der Waals surface area contributed by atoms with Gasteiger partial charge in [0.15, 0.2) is 5.75 Å². The summed E-state index contributed by atoms with van der Waals surface area (Å²) in [7, 11) is 0. The fourth-order valence-electron chi connectivity index (χ4n) is 2.25. The summed E-state index contributed by atoms with van der Waals surface area (Å²) in [4.78, 5) is 20.2. The van der Waals surface area contributed by atoms with Crippen LogP contribution in [0.2, 0.25) is 0 Å². The Kier molecular flexibility index (Phi) is 5.04. The second-order valence-electron chi connectivity index (χ2n) is 4.79. The van der Waals surface area contributed by atoms with E-state index in [9.17, 15) is 20.2 Å². The van der Waals surface area contributed by atoms with Crippen molar-refractivity contribution in [3.8, 4) is 5.75 Å². The number of non-ortho nitro benzene ring substituents is 1. The van der Waals surface area contributed by atoms with Crippen LogP contribution in [0, 0.1) is 20.2 Å². The first-order valence-electron chi connectivity index (χ1n) is 6.75. The molecule has 1 aliphatic rings. The Morgan fingerprint density at radius 1 is 1.29 bits per heavy atom. The van der Waals surface area contributed by atoms with Gasteiger partial charge in [-0.05, 0) is 31.7 Å². The molecule has 0 bridgehead atoms. The van der Waals surface area contributed by atoms with Gasteiger partial charge in [-0.15, -0.1) is 0 Å². The van der Waals surface area contributed by atoms with Crippen molar-refractivity contribution in [1.82, 2.24) is 0 Å². The van der Waals surface area contributed by atoms with Crippen LogP contribution in [-0.4, -0.2) is 29.2 Å². The molecule has 1 unspecified atom stereocenters. The van der Waals surface area contributed by atoms with Crippen molar-refractivity contribution in [2.75, 3.05) is 13.2 Å². The van der Waals surface area contributed by atoms with Gasteiger partial charge in [-0.25, -0.2) is 0 Å². The maximum Gasteiger partial charge on any atom is 0.317 e. The highest BCUT2D eigenvalue weighted by Crippen LogP contribution is 2.31. The molecule has 1 saturated heterocycles. The van der Waals surface area contributed by atoms with Gasteiger partial charge >= 0.3 is 5.69 Å². The summed E-state index contributed by atoms with van der Waals surface area (Å²) in [5, 5.41) is 21.5. The summed E-state index contributed by atoms with van der Waals surface area (Å²) in [6.07, 6.45) is 3.93. The Morgan fingerprint density at radius 3 is 2.71 bits per heavy atom. The first kappa shape index (κ1) is 15.2. The molecule has 0 radical (unpaired) electrons. The minimum atomic E-state index is -0.678. The van der Waals surface area contributed by atoms with Crippen LogP contribution in [0.25, 0.3) is 0 Å². The Balaban J connectivity index is 1.92. The molecule has 1 aromatic carbocycles. The van der Waals surface area contributed by atoms with E-state index in [0.29, 0.717) is 6.61 Å². The van der Waals surface area contributed by atoms with Gasteiger partial charge in [0, 0.05) is 12.7 Å². The highest BCUT2D eigenvalue weighted by molar-refractivity contribution is 5.53. The Hall–Kier alpha value is -2.22. The van der Waals surface area contributed by atoms with E-state index in [1.807, 2.05) is 0 Å². The lowest BCUT2D eigenvalue weighted by atomic mass is 10.1. The number of hydrogen-bond donors (Lipinski definition) is 0. The Morgan fingerprint density at radius 2 is 2.10 bits per heavy atom. The van der Waals surface area contributed by atoms with Crippen LogP contribution in [0.4, 0.5) is 11.4 Å². The molecule has 1 atom stereocenters. The van der Waals surface area contributed by atoms with Crippen LogP contribution < -0.4 is 4.74 Å². The third kappa shape index (κ3) is 4.12. The first-order valence-corrected chi connectivity index (χ1v) is 6.75. The Labute approximate surface area is 121 Å². The molecular formula is C13H16N2O6. The third-order valence-corrected chi connectivity index (χ3v) is 3.30. The summed E-state index contributed by atoms with van der Waals surface area (Å²) in [5.41, 5.74) is -0.713. The third-order valence-electron chi connectivity index (χ3n) is 3.30. The molecule has 21 heavy (non-hydrogen) atoms. The van der Waals surface area contributed by atoms with Gasteiger partial charge in [-0.1, -0.05) is 0 Å². The molecule has 114 valence electrons. The number of benzene rings is 1. The van der Waals surface area contributed by atoms with E-state index in [2.05, 4.69) is 0 Å². The lowest BCUT2D eigenvalue weighted by Gasteiger charge is -2.10. The van der Waals surface area contributed by atoms with Crippen molar-refractivity contribution in [2.45, 2.75) is 31.8 Å². The van der Waals surface area contributed by atoms with Gasteiger partial charge < -0.3 is 9.47 Å². The van der Waals surface area contributed by atoms with Gasteiger partial charge in [0.1, 0.15) is 0 Å². The molecular weight excluding hydrogens is 280 g/mol. The highest BCUT2D eigenvalue weighted by Gasteiger charge is 2.21. The van der Waals surface area contributed by atoms with E-state index in [0.717, 1.165) is 38.4 Å². The smallest absolute Gasteiger partial charge is 0.317 e. The second kappa shape index (κ2) is 6.98. The zero-order valence-corrected chi connectivity index (χ0v) is 11.4. The zero-order valence-electron chi connectivity index (χ0n) is 11.4. The van der Waals surface area contributed by atoms with Crippen molar-refractivity contribution in [3.63, 3.8) is 0 Å². The minimum absolute atomic E-state index is 0.0536. The quantitative estimate of drug-likeness (QED) is 0.435. The fourth-order valence-corrected chi connectivity index (χ4v) is 2.25. The molecule has 1 aromatic rings.